The minimum atomic E-state index is -0.160. The second-order valence-electron chi connectivity index (χ2n) is 2.88. The van der Waals surface area contributed by atoms with Gasteiger partial charge in [-0.05, 0) is 5.56 Å². The number of nitrogens with two attached hydrogens (primary N) is 1. The molecule has 0 radical (unpaired) electrons. The van der Waals surface area contributed by atoms with Gasteiger partial charge >= 0.3 is 0 Å². The van der Waals surface area contributed by atoms with E-state index in [0.717, 1.165) is 5.56 Å². The molecule has 0 bridgehead atoms. The number of benzene rings is 1. The van der Waals surface area contributed by atoms with Crippen molar-refractivity contribution in [2.45, 2.75) is 12.1 Å². The first-order chi connectivity index (χ1) is 6.29. The highest BCUT2D eigenvalue weighted by Gasteiger charge is 2.15. The summed E-state index contributed by atoms with van der Waals surface area (Å²) in [6.07, 6.45) is 1.60. The summed E-state index contributed by atoms with van der Waals surface area (Å²) in [7, 11) is 1.65. The molecule has 2 N–H and O–H groups in total. The molecule has 0 spiro atoms. The van der Waals surface area contributed by atoms with Crippen molar-refractivity contribution in [3.8, 4) is 0 Å². The molecule has 70 valence electrons. The lowest BCUT2D eigenvalue weighted by atomic mass is 10.0. The van der Waals surface area contributed by atoms with Crippen molar-refractivity contribution in [3.63, 3.8) is 0 Å². The molecule has 2 unspecified atom stereocenters. The van der Waals surface area contributed by atoms with Crippen LogP contribution < -0.4 is 5.73 Å². The van der Waals surface area contributed by atoms with Crippen molar-refractivity contribution in [1.82, 2.24) is 0 Å². The molecule has 0 aromatic heterocycles. The highest BCUT2D eigenvalue weighted by Crippen LogP contribution is 2.19. The van der Waals surface area contributed by atoms with Gasteiger partial charge in [0.25, 0.3) is 0 Å². The smallest absolute Gasteiger partial charge is 0.101 e. The summed E-state index contributed by atoms with van der Waals surface area (Å²) < 4.78 is 5.29. The monoisotopic (exact) mass is 177 g/mol. The van der Waals surface area contributed by atoms with Crippen molar-refractivity contribution in [1.29, 1.82) is 0 Å². The molecule has 2 heteroatoms. The van der Waals surface area contributed by atoms with E-state index < -0.39 is 0 Å². The van der Waals surface area contributed by atoms with Gasteiger partial charge in [0.2, 0.25) is 0 Å². The first-order valence-electron chi connectivity index (χ1n) is 4.25. The number of methoxy groups -OCH3 is 1. The zero-order chi connectivity index (χ0) is 9.68. The molecule has 0 saturated heterocycles. The van der Waals surface area contributed by atoms with Crippen molar-refractivity contribution in [3.05, 3.63) is 48.6 Å². The van der Waals surface area contributed by atoms with Gasteiger partial charge in [0.05, 0.1) is 6.04 Å². The lowest BCUT2D eigenvalue weighted by molar-refractivity contribution is 0.0927. The quantitative estimate of drug-likeness (QED) is 0.713. The predicted octanol–water partition coefficient (Wildman–Crippen LogP) is 1.89. The summed E-state index contributed by atoms with van der Waals surface area (Å²) in [6.45, 7) is 3.65. The van der Waals surface area contributed by atoms with Crippen LogP contribution in [0.2, 0.25) is 0 Å². The van der Waals surface area contributed by atoms with Gasteiger partial charge in [-0.3, -0.25) is 0 Å². The highest BCUT2D eigenvalue weighted by atomic mass is 16.5. The van der Waals surface area contributed by atoms with Crippen LogP contribution in [0.25, 0.3) is 0 Å². The normalized spacial score (nSPS) is 14.9. The van der Waals surface area contributed by atoms with Gasteiger partial charge < -0.3 is 10.5 Å². The predicted molar refractivity (Wildman–Crippen MR) is 54.4 cm³/mol. The maximum atomic E-state index is 5.82. The summed E-state index contributed by atoms with van der Waals surface area (Å²) in [5.74, 6) is 0. The van der Waals surface area contributed by atoms with Gasteiger partial charge in [-0.1, -0.05) is 36.4 Å². The number of hydrogen-bond donors (Lipinski definition) is 1. The fraction of sp³-hybridized carbons (Fsp3) is 0.273. The Bertz CT molecular complexity index is 258. The van der Waals surface area contributed by atoms with E-state index in [-0.39, 0.29) is 12.1 Å². The Balaban J connectivity index is 2.84. The minimum absolute atomic E-state index is 0.0984. The largest absolute Gasteiger partial charge is 0.375 e. The Morgan fingerprint density at radius 3 is 2.46 bits per heavy atom. The van der Waals surface area contributed by atoms with Crippen LogP contribution in [0.15, 0.2) is 43.0 Å². The molecular weight excluding hydrogens is 162 g/mol. The lowest BCUT2D eigenvalue weighted by Gasteiger charge is -2.19. The Morgan fingerprint density at radius 2 is 2.00 bits per heavy atom. The molecular formula is C11H15NO. The summed E-state index contributed by atoms with van der Waals surface area (Å²) in [5, 5.41) is 0. The van der Waals surface area contributed by atoms with Crippen LogP contribution in [0.4, 0.5) is 0 Å². The number of rotatable bonds is 4. The van der Waals surface area contributed by atoms with E-state index in [0.29, 0.717) is 0 Å². The van der Waals surface area contributed by atoms with E-state index in [1.54, 1.807) is 13.2 Å². The van der Waals surface area contributed by atoms with E-state index in [1.165, 1.54) is 0 Å². The van der Waals surface area contributed by atoms with Crippen molar-refractivity contribution < 1.29 is 4.74 Å². The molecule has 0 saturated carbocycles. The zero-order valence-corrected chi connectivity index (χ0v) is 7.81. The van der Waals surface area contributed by atoms with Gasteiger partial charge in [-0.25, -0.2) is 0 Å². The van der Waals surface area contributed by atoms with Crippen LogP contribution in [0, 0.1) is 0 Å². The molecule has 0 aliphatic heterocycles. The fourth-order valence-corrected chi connectivity index (χ4v) is 1.28. The summed E-state index contributed by atoms with van der Waals surface area (Å²) >= 11 is 0. The third-order valence-corrected chi connectivity index (χ3v) is 2.00. The van der Waals surface area contributed by atoms with Crippen LogP contribution in [0.1, 0.15) is 11.7 Å². The highest BCUT2D eigenvalue weighted by molar-refractivity contribution is 5.20. The Kier molecular flexibility index (Phi) is 3.68. The molecule has 0 aliphatic rings. The molecule has 0 heterocycles. The molecule has 0 fully saturated rings. The molecule has 13 heavy (non-hydrogen) atoms. The topological polar surface area (TPSA) is 35.2 Å². The molecule has 2 nitrogen and oxygen atoms in total. The Hall–Kier alpha value is -1.12. The Labute approximate surface area is 79.0 Å². The van der Waals surface area contributed by atoms with Gasteiger partial charge in [0.15, 0.2) is 0 Å². The van der Waals surface area contributed by atoms with E-state index in [9.17, 15) is 0 Å². The summed E-state index contributed by atoms with van der Waals surface area (Å²) in [6, 6.07) is 9.74. The first-order valence-corrected chi connectivity index (χ1v) is 4.25. The van der Waals surface area contributed by atoms with Gasteiger partial charge in [-0.2, -0.15) is 0 Å². The number of hydrogen-bond acceptors (Lipinski definition) is 2. The van der Waals surface area contributed by atoms with E-state index >= 15 is 0 Å². The van der Waals surface area contributed by atoms with Crippen LogP contribution in [0.5, 0.6) is 0 Å². The molecule has 1 rings (SSSR count). The van der Waals surface area contributed by atoms with Crippen LogP contribution in [-0.4, -0.2) is 13.2 Å². The second-order valence-corrected chi connectivity index (χ2v) is 2.88. The maximum absolute atomic E-state index is 5.82. The van der Waals surface area contributed by atoms with Crippen molar-refractivity contribution in [2.75, 3.05) is 7.11 Å². The third kappa shape index (κ3) is 2.41. The van der Waals surface area contributed by atoms with Gasteiger partial charge in [-0.15, -0.1) is 6.58 Å². The summed E-state index contributed by atoms with van der Waals surface area (Å²) in [5.41, 5.74) is 6.90. The SMILES string of the molecule is C=CC(N)C(OC)c1ccccc1. The molecule has 0 aliphatic carbocycles. The average molecular weight is 177 g/mol. The molecule has 2 atom stereocenters. The molecule has 0 amide bonds. The van der Waals surface area contributed by atoms with Crippen LogP contribution in [-0.2, 0) is 4.74 Å². The molecule has 1 aromatic carbocycles. The van der Waals surface area contributed by atoms with E-state index in [1.807, 2.05) is 30.3 Å². The molecule has 1 aromatic rings. The Morgan fingerprint density at radius 1 is 1.38 bits per heavy atom. The number of ether oxygens (including phenoxy) is 1. The van der Waals surface area contributed by atoms with Crippen molar-refractivity contribution >= 4 is 0 Å². The van der Waals surface area contributed by atoms with Crippen LogP contribution in [0.3, 0.4) is 0 Å². The first kappa shape index (κ1) is 9.96. The zero-order valence-electron chi connectivity index (χ0n) is 7.81. The van der Waals surface area contributed by atoms with Gasteiger partial charge in [0.1, 0.15) is 6.10 Å². The van der Waals surface area contributed by atoms with E-state index in [4.69, 9.17) is 10.5 Å². The standard InChI is InChI=1S/C11H15NO/c1-3-10(12)11(13-2)9-7-5-4-6-8-9/h3-8,10-11H,1,12H2,2H3. The van der Waals surface area contributed by atoms with Gasteiger partial charge in [0, 0.05) is 7.11 Å². The minimum Gasteiger partial charge on any atom is -0.375 e. The fourth-order valence-electron chi connectivity index (χ4n) is 1.28. The summed E-state index contributed by atoms with van der Waals surface area (Å²) in [4.78, 5) is 0. The maximum Gasteiger partial charge on any atom is 0.101 e. The third-order valence-electron chi connectivity index (χ3n) is 2.00. The van der Waals surface area contributed by atoms with Crippen molar-refractivity contribution in [2.24, 2.45) is 5.73 Å². The second kappa shape index (κ2) is 4.80. The van der Waals surface area contributed by atoms with Crippen LogP contribution >= 0.6 is 0 Å². The lowest BCUT2D eigenvalue weighted by Crippen LogP contribution is -2.27. The average Bonchev–Trinajstić information content (AvgIpc) is 2.20. The van der Waals surface area contributed by atoms with E-state index in [2.05, 4.69) is 6.58 Å².